The molecule has 0 saturated carbocycles. The maximum absolute atomic E-state index is 12.6. The molecule has 0 aliphatic carbocycles. The van der Waals surface area contributed by atoms with Crippen molar-refractivity contribution in [1.82, 2.24) is 0 Å². The second kappa shape index (κ2) is 43.5. The molecule has 340 valence electrons. The average molecular weight is 850 g/mol. The minimum atomic E-state index is -4.62. The molecule has 0 radical (unpaired) electrons. The van der Waals surface area contributed by atoms with Gasteiger partial charge >= 0.3 is 19.8 Å². The summed E-state index contributed by atoms with van der Waals surface area (Å²) in [5.41, 5.74) is 5.36. The van der Waals surface area contributed by atoms with Crippen LogP contribution in [0.3, 0.4) is 0 Å². The molecule has 4 N–H and O–H groups in total. The van der Waals surface area contributed by atoms with Gasteiger partial charge in [0.1, 0.15) is 12.1 Å². The van der Waals surface area contributed by atoms with Gasteiger partial charge in [-0.15, -0.1) is 0 Å². The molecule has 0 amide bonds. The molecule has 0 aliphatic heterocycles. The van der Waals surface area contributed by atoms with Crippen molar-refractivity contribution in [2.45, 2.75) is 193 Å². The lowest BCUT2D eigenvalue weighted by Crippen LogP contribution is -2.34. The SMILES string of the molecule is CC/C=C\C/C=C\C/C=C\C/C=C\CCCCCCCCCCCCCOCC(COP(=O)(O)OCC(N)C(=O)O)OC(=O)CCCCCCC/C=C\C/C=C\CCC. The first-order valence-electron chi connectivity index (χ1n) is 23.0. The monoisotopic (exact) mass is 850 g/mol. The number of nitrogens with two attached hydrogens (primary N) is 1. The highest BCUT2D eigenvalue weighted by Gasteiger charge is 2.27. The van der Waals surface area contributed by atoms with E-state index in [0.717, 1.165) is 89.9 Å². The smallest absolute Gasteiger partial charge is 0.472 e. The zero-order chi connectivity index (χ0) is 43.3. The predicted molar refractivity (Wildman–Crippen MR) is 244 cm³/mol. The van der Waals surface area contributed by atoms with Crippen LogP contribution in [0.1, 0.15) is 181 Å². The summed E-state index contributed by atoms with van der Waals surface area (Å²) in [6.07, 6.45) is 53.9. The largest absolute Gasteiger partial charge is 0.480 e. The Labute approximate surface area is 359 Å². The minimum absolute atomic E-state index is 0.00569. The molecule has 59 heavy (non-hydrogen) atoms. The lowest BCUT2D eigenvalue weighted by molar-refractivity contribution is -0.154. The third kappa shape index (κ3) is 43.3. The number of hydrogen-bond acceptors (Lipinski definition) is 8. The van der Waals surface area contributed by atoms with Crippen LogP contribution in [0, 0.1) is 0 Å². The molecule has 0 heterocycles. The van der Waals surface area contributed by atoms with Gasteiger partial charge < -0.3 is 25.2 Å². The molecule has 0 aromatic heterocycles. The summed E-state index contributed by atoms with van der Waals surface area (Å²) in [6, 6.07) is -1.48. The molecular formula is C48H84NO9P. The molecule has 0 aromatic rings. The molecule has 3 unspecified atom stereocenters. The van der Waals surface area contributed by atoms with E-state index in [9.17, 15) is 19.0 Å². The molecule has 3 atom stereocenters. The number of aliphatic carboxylic acids is 1. The molecule has 0 aromatic carbocycles. The lowest BCUT2D eigenvalue weighted by Gasteiger charge is -2.20. The number of carbonyl (C=O) groups is 2. The van der Waals surface area contributed by atoms with Gasteiger partial charge in [-0.1, -0.05) is 170 Å². The highest BCUT2D eigenvalue weighted by Crippen LogP contribution is 2.43. The Morgan fingerprint density at radius 1 is 0.559 bits per heavy atom. The zero-order valence-corrected chi connectivity index (χ0v) is 38.0. The summed E-state index contributed by atoms with van der Waals surface area (Å²) in [4.78, 5) is 33.5. The number of rotatable bonds is 43. The quantitative estimate of drug-likeness (QED) is 0.0234. The average Bonchev–Trinajstić information content (AvgIpc) is 3.21. The van der Waals surface area contributed by atoms with E-state index in [4.69, 9.17) is 29.4 Å². The summed E-state index contributed by atoms with van der Waals surface area (Å²) in [5, 5.41) is 8.90. The number of carboxylic acid groups (broad SMARTS) is 1. The van der Waals surface area contributed by atoms with Crippen LogP contribution < -0.4 is 5.73 Å². The second-order valence-corrected chi connectivity index (χ2v) is 16.6. The summed E-state index contributed by atoms with van der Waals surface area (Å²) in [7, 11) is -4.62. The Morgan fingerprint density at radius 3 is 1.47 bits per heavy atom. The van der Waals surface area contributed by atoms with Crippen LogP contribution in [0.4, 0.5) is 0 Å². The van der Waals surface area contributed by atoms with Gasteiger partial charge in [0.25, 0.3) is 0 Å². The summed E-state index contributed by atoms with van der Waals surface area (Å²) in [5.74, 6) is -1.80. The number of carbonyl (C=O) groups excluding carboxylic acids is 1. The third-order valence-electron chi connectivity index (χ3n) is 9.45. The molecule has 10 nitrogen and oxygen atoms in total. The molecule has 0 rings (SSSR count). The van der Waals surface area contributed by atoms with Gasteiger partial charge in [0.15, 0.2) is 0 Å². The Balaban J connectivity index is 4.16. The van der Waals surface area contributed by atoms with E-state index >= 15 is 0 Å². The molecule has 11 heteroatoms. The van der Waals surface area contributed by atoms with Crippen LogP contribution in [0.15, 0.2) is 72.9 Å². The predicted octanol–water partition coefficient (Wildman–Crippen LogP) is 13.0. The number of esters is 1. The van der Waals surface area contributed by atoms with Crippen molar-refractivity contribution in [1.29, 1.82) is 0 Å². The highest BCUT2D eigenvalue weighted by atomic mass is 31.2. The number of ether oxygens (including phenoxy) is 2. The van der Waals surface area contributed by atoms with E-state index in [1.54, 1.807) is 0 Å². The number of phosphoric ester groups is 1. The normalized spacial score (nSPS) is 14.5. The topological polar surface area (TPSA) is 155 Å². The molecule has 0 spiro atoms. The van der Waals surface area contributed by atoms with E-state index in [-0.39, 0.29) is 13.0 Å². The summed E-state index contributed by atoms with van der Waals surface area (Å²) in [6.45, 7) is 3.67. The van der Waals surface area contributed by atoms with E-state index in [0.29, 0.717) is 13.0 Å². The van der Waals surface area contributed by atoms with Crippen LogP contribution in [0.2, 0.25) is 0 Å². The first-order chi connectivity index (χ1) is 28.7. The maximum Gasteiger partial charge on any atom is 0.472 e. The van der Waals surface area contributed by atoms with Crippen molar-refractivity contribution >= 4 is 19.8 Å². The van der Waals surface area contributed by atoms with Crippen molar-refractivity contribution < 1.29 is 42.7 Å². The summed E-state index contributed by atoms with van der Waals surface area (Å²) >= 11 is 0. The molecular weight excluding hydrogens is 765 g/mol. The molecule has 0 aliphatic rings. The standard InChI is InChI=1S/C48H84NO9P/c1-3-5-7-9-11-13-15-17-18-19-20-21-22-23-24-25-26-27-29-31-33-35-37-39-41-55-42-45(43-56-59(53,54)57-44-46(49)48(51)52)58-47(50)40-38-36-34-32-30-28-16-14-12-10-8-6-4-2/h5,7-8,10-11,13-14,16-18,20-21,45-46H,3-4,6,9,12,15,19,22-44,49H2,1-2H3,(H,51,52)(H,53,54)/b7-5-,10-8-,13-11-,16-14-,18-17-,21-20-. The number of unbranched alkanes of at least 4 members (excludes halogenated alkanes) is 17. The van der Waals surface area contributed by atoms with Gasteiger partial charge in [0.05, 0.1) is 19.8 Å². The Hall–Kier alpha value is -2.59. The number of allylic oxidation sites excluding steroid dienone is 12. The fourth-order valence-corrected chi connectivity index (χ4v) is 6.70. The van der Waals surface area contributed by atoms with E-state index in [2.05, 4.69) is 86.8 Å². The van der Waals surface area contributed by atoms with Crippen LogP contribution >= 0.6 is 7.82 Å². The van der Waals surface area contributed by atoms with Gasteiger partial charge in [-0.25, -0.2) is 4.57 Å². The minimum Gasteiger partial charge on any atom is -0.480 e. The van der Waals surface area contributed by atoms with Gasteiger partial charge in [0, 0.05) is 13.0 Å². The number of phosphoric acid groups is 1. The van der Waals surface area contributed by atoms with Crippen LogP contribution in [-0.4, -0.2) is 60.5 Å². The van der Waals surface area contributed by atoms with E-state index in [1.807, 2.05) is 0 Å². The van der Waals surface area contributed by atoms with Crippen molar-refractivity contribution in [3.8, 4) is 0 Å². The van der Waals surface area contributed by atoms with Gasteiger partial charge in [0.2, 0.25) is 0 Å². The summed E-state index contributed by atoms with van der Waals surface area (Å²) < 4.78 is 33.4. The number of carboxylic acids is 1. The van der Waals surface area contributed by atoms with E-state index in [1.165, 1.54) is 64.2 Å². The van der Waals surface area contributed by atoms with Crippen molar-refractivity contribution in [3.63, 3.8) is 0 Å². The van der Waals surface area contributed by atoms with Crippen molar-refractivity contribution in [3.05, 3.63) is 72.9 Å². The van der Waals surface area contributed by atoms with Gasteiger partial charge in [-0.2, -0.15) is 0 Å². The Morgan fingerprint density at radius 2 is 0.983 bits per heavy atom. The van der Waals surface area contributed by atoms with Crippen molar-refractivity contribution in [2.24, 2.45) is 5.73 Å². The van der Waals surface area contributed by atoms with Crippen LogP contribution in [-0.2, 0) is 32.7 Å². The number of hydrogen-bond donors (Lipinski definition) is 3. The molecule has 0 fully saturated rings. The third-order valence-corrected chi connectivity index (χ3v) is 10.4. The van der Waals surface area contributed by atoms with Crippen molar-refractivity contribution in [2.75, 3.05) is 26.4 Å². The van der Waals surface area contributed by atoms with Crippen LogP contribution in [0.25, 0.3) is 0 Å². The van der Waals surface area contributed by atoms with Gasteiger partial charge in [-0.05, 0) is 77.0 Å². The first-order valence-corrected chi connectivity index (χ1v) is 24.5. The van der Waals surface area contributed by atoms with Crippen LogP contribution in [0.5, 0.6) is 0 Å². The lowest BCUT2D eigenvalue weighted by atomic mass is 10.1. The fourth-order valence-electron chi connectivity index (χ4n) is 5.93. The fraction of sp³-hybridized carbons (Fsp3) is 0.708. The Bertz CT molecular complexity index is 1210. The molecule has 0 bridgehead atoms. The molecule has 0 saturated heterocycles. The zero-order valence-electron chi connectivity index (χ0n) is 37.1. The van der Waals surface area contributed by atoms with Gasteiger partial charge in [-0.3, -0.25) is 18.6 Å². The van der Waals surface area contributed by atoms with E-state index < -0.39 is 45.1 Å². The maximum atomic E-state index is 12.6. The second-order valence-electron chi connectivity index (χ2n) is 15.1. The highest BCUT2D eigenvalue weighted by molar-refractivity contribution is 7.47. The first kappa shape index (κ1) is 56.4. The Kier molecular flexibility index (Phi) is 41.6.